The summed E-state index contributed by atoms with van der Waals surface area (Å²) in [6.45, 7) is 12.4. The normalized spacial score (nSPS) is 22.7. The third-order valence-electron chi connectivity index (χ3n) is 7.13. The Hall–Kier alpha value is -1.78. The molecule has 12 heteroatoms. The summed E-state index contributed by atoms with van der Waals surface area (Å²) in [5.41, 5.74) is 5.23. The van der Waals surface area contributed by atoms with Gasteiger partial charge in [0.25, 0.3) is 0 Å². The molecule has 7 rings (SSSR count). The Balaban J connectivity index is 0.000000756. The van der Waals surface area contributed by atoms with Crippen LogP contribution < -0.4 is 0 Å². The van der Waals surface area contributed by atoms with Crippen LogP contribution in [0.1, 0.15) is 5.56 Å². The van der Waals surface area contributed by atoms with Crippen LogP contribution in [0.3, 0.4) is 0 Å². The summed E-state index contributed by atoms with van der Waals surface area (Å²) in [7, 11) is 0. The number of aryl methyl sites for hydroxylation is 1. The Bertz CT molecular complexity index is 793. The third kappa shape index (κ3) is 20.4. The van der Waals surface area contributed by atoms with Crippen LogP contribution in [0.15, 0.2) is 52.6 Å². The molecule has 0 saturated carbocycles. The highest BCUT2D eigenvalue weighted by molar-refractivity contribution is 5.18. The molecule has 0 spiro atoms. The van der Waals surface area contributed by atoms with Crippen molar-refractivity contribution in [1.82, 2.24) is 0 Å². The average Bonchev–Trinajstić information content (AvgIpc) is 3.08. The van der Waals surface area contributed by atoms with Crippen LogP contribution in [0.25, 0.3) is 0 Å². The Morgan fingerprint density at radius 3 is 0.638 bits per heavy atom. The minimum absolute atomic E-state index is 0.384. The van der Waals surface area contributed by atoms with E-state index in [4.69, 9.17) is 56.8 Å². The maximum Gasteiger partial charge on any atom is 0.0704 e. The lowest BCUT2D eigenvalue weighted by molar-refractivity contribution is -0.00272. The summed E-state index contributed by atoms with van der Waals surface area (Å²) in [6, 6.07) is 10.3. The van der Waals surface area contributed by atoms with Gasteiger partial charge in [-0.05, 0) is 29.2 Å². The molecule has 0 aliphatic carbocycles. The van der Waals surface area contributed by atoms with E-state index in [0.717, 1.165) is 22.3 Å². The Kier molecular flexibility index (Phi) is 23.7. The second kappa shape index (κ2) is 28.1. The van der Waals surface area contributed by atoms with E-state index in [2.05, 4.69) is 19.1 Å². The zero-order valence-electron chi connectivity index (χ0n) is 28.3. The zero-order valence-corrected chi connectivity index (χ0v) is 28.3. The van der Waals surface area contributed by atoms with Gasteiger partial charge >= 0.3 is 0 Å². The van der Waals surface area contributed by atoms with Crippen molar-refractivity contribution in [3.63, 3.8) is 0 Å². The lowest BCUT2D eigenvalue weighted by Gasteiger charge is -2.19. The van der Waals surface area contributed by atoms with Gasteiger partial charge in [-0.2, -0.15) is 0 Å². The molecule has 2 fully saturated rings. The van der Waals surface area contributed by atoms with E-state index in [1.807, 2.05) is 18.2 Å². The fourth-order valence-electron chi connectivity index (χ4n) is 4.43. The topological polar surface area (TPSA) is 111 Å². The van der Waals surface area contributed by atoms with Crippen molar-refractivity contribution >= 4 is 0 Å². The van der Waals surface area contributed by atoms with Gasteiger partial charge in [-0.1, -0.05) is 35.9 Å². The number of hydrogen-bond acceptors (Lipinski definition) is 12. The SMILES string of the molecule is C1COCC2=C3COCCOCCOCC(=C(COCCO1)COCCOCCOC2)COCCOCCOC3.Cc1ccccc1. The molecule has 0 N–H and O–H groups in total. The van der Waals surface area contributed by atoms with E-state index in [9.17, 15) is 0 Å². The molecule has 12 nitrogen and oxygen atoms in total. The van der Waals surface area contributed by atoms with E-state index in [-0.39, 0.29) is 0 Å². The van der Waals surface area contributed by atoms with Crippen LogP contribution in [-0.2, 0) is 56.8 Å². The molecule has 1 aromatic rings. The minimum Gasteiger partial charge on any atom is -0.377 e. The van der Waals surface area contributed by atoms with Crippen molar-refractivity contribution in [2.45, 2.75) is 6.92 Å². The largest absolute Gasteiger partial charge is 0.377 e. The molecule has 0 amide bonds. The highest BCUT2D eigenvalue weighted by Gasteiger charge is 2.13. The first-order chi connectivity index (χ1) is 23.3. The molecule has 0 radical (unpaired) electrons. The number of rotatable bonds is 0. The molecule has 6 heterocycles. The predicted octanol–water partition coefficient (Wildman–Crippen LogP) is 2.81. The first-order valence-electron chi connectivity index (χ1n) is 16.7. The quantitative estimate of drug-likeness (QED) is 0.379. The van der Waals surface area contributed by atoms with Gasteiger partial charge < -0.3 is 56.8 Å². The van der Waals surface area contributed by atoms with E-state index in [1.165, 1.54) is 5.56 Å². The fourth-order valence-corrected chi connectivity index (χ4v) is 4.43. The van der Waals surface area contributed by atoms with Crippen LogP contribution in [0.5, 0.6) is 0 Å². The summed E-state index contributed by atoms with van der Waals surface area (Å²) in [5, 5.41) is 0. The Morgan fingerprint density at radius 2 is 0.468 bits per heavy atom. The first-order valence-corrected chi connectivity index (χ1v) is 16.7. The number of ether oxygens (including phenoxy) is 12. The van der Waals surface area contributed by atoms with Gasteiger partial charge in [0.05, 0.1) is 159 Å². The third-order valence-corrected chi connectivity index (χ3v) is 7.13. The molecule has 268 valence electrons. The van der Waals surface area contributed by atoms with Crippen LogP contribution in [0, 0.1) is 6.92 Å². The first kappa shape index (κ1) is 39.7. The number of benzene rings is 1. The summed E-state index contributed by atoms with van der Waals surface area (Å²) >= 11 is 0. The monoisotopic (exact) mass is 668 g/mol. The van der Waals surface area contributed by atoms with Crippen LogP contribution in [-0.4, -0.2) is 159 Å². The van der Waals surface area contributed by atoms with Gasteiger partial charge in [-0.25, -0.2) is 0 Å². The minimum atomic E-state index is 0.384. The van der Waals surface area contributed by atoms with Crippen molar-refractivity contribution < 1.29 is 56.8 Å². The average molecular weight is 669 g/mol. The van der Waals surface area contributed by atoms with Gasteiger partial charge in [0.2, 0.25) is 0 Å². The Morgan fingerprint density at radius 1 is 0.277 bits per heavy atom. The molecule has 0 aromatic heterocycles. The zero-order chi connectivity index (χ0) is 32.9. The fraction of sp³-hybridized carbons (Fsp3) is 0.714. The van der Waals surface area contributed by atoms with E-state index in [1.54, 1.807) is 0 Å². The van der Waals surface area contributed by atoms with E-state index >= 15 is 0 Å². The van der Waals surface area contributed by atoms with Gasteiger partial charge in [0, 0.05) is 0 Å². The molecule has 6 aliphatic heterocycles. The summed E-state index contributed by atoms with van der Waals surface area (Å²) in [4.78, 5) is 0. The highest BCUT2D eigenvalue weighted by Crippen LogP contribution is 2.12. The Labute approximate surface area is 280 Å². The predicted molar refractivity (Wildman–Crippen MR) is 175 cm³/mol. The van der Waals surface area contributed by atoms with Crippen molar-refractivity contribution in [3.8, 4) is 0 Å². The molecule has 6 aliphatic rings. The molecule has 2 saturated heterocycles. The van der Waals surface area contributed by atoms with E-state index in [0.29, 0.717) is 159 Å². The van der Waals surface area contributed by atoms with Gasteiger partial charge in [-0.3, -0.25) is 0 Å². The molecular weight excluding hydrogens is 612 g/mol. The molecule has 0 atom stereocenters. The lowest BCUT2D eigenvalue weighted by Crippen LogP contribution is -2.22. The van der Waals surface area contributed by atoms with Gasteiger partial charge in [0.1, 0.15) is 0 Å². The van der Waals surface area contributed by atoms with Crippen molar-refractivity contribution in [2.75, 3.05) is 159 Å². The number of hydrogen-bond donors (Lipinski definition) is 0. The molecule has 1 aromatic carbocycles. The van der Waals surface area contributed by atoms with E-state index < -0.39 is 0 Å². The second-order valence-corrected chi connectivity index (χ2v) is 10.9. The van der Waals surface area contributed by atoms with Crippen LogP contribution >= 0.6 is 0 Å². The second-order valence-electron chi connectivity index (χ2n) is 10.9. The molecular formula is C35H56O12. The maximum atomic E-state index is 5.94. The molecule has 4 bridgehead atoms. The van der Waals surface area contributed by atoms with Gasteiger partial charge in [0.15, 0.2) is 0 Å². The summed E-state index contributed by atoms with van der Waals surface area (Å²) < 4.78 is 70.4. The standard InChI is InChI=1S/C28H48O12.C7H8/c1-9-33-17-25-18-35-11-3-30-6-14-38-22-27(19-34-10-2-29-1)28-23-39-15-7-31-4-12-36-20-26(25)21-37-13-5-32-8-16-40-24-28;1-7-5-3-2-4-6-7/h1-24H2;2-6H,1H3. The molecule has 0 unspecified atom stereocenters. The highest BCUT2D eigenvalue weighted by atomic mass is 16.6. The molecule has 47 heavy (non-hydrogen) atoms. The maximum absolute atomic E-state index is 5.94. The summed E-state index contributed by atoms with van der Waals surface area (Å²) in [5.74, 6) is 0. The van der Waals surface area contributed by atoms with Crippen molar-refractivity contribution in [1.29, 1.82) is 0 Å². The smallest absolute Gasteiger partial charge is 0.0704 e. The van der Waals surface area contributed by atoms with Crippen molar-refractivity contribution in [2.24, 2.45) is 0 Å². The van der Waals surface area contributed by atoms with Crippen LogP contribution in [0.2, 0.25) is 0 Å². The lowest BCUT2D eigenvalue weighted by atomic mass is 10.1. The van der Waals surface area contributed by atoms with Crippen molar-refractivity contribution in [3.05, 3.63) is 58.2 Å². The van der Waals surface area contributed by atoms with Gasteiger partial charge in [-0.15, -0.1) is 0 Å². The summed E-state index contributed by atoms with van der Waals surface area (Å²) in [6.07, 6.45) is 0. The van der Waals surface area contributed by atoms with Crippen LogP contribution in [0.4, 0.5) is 0 Å².